The van der Waals surface area contributed by atoms with E-state index in [0.29, 0.717) is 0 Å². The monoisotopic (exact) mass is 370 g/mol. The van der Waals surface area contributed by atoms with Crippen molar-refractivity contribution >= 4 is 49.2 Å². The summed E-state index contributed by atoms with van der Waals surface area (Å²) in [4.78, 5) is 4.22. The molecular formula is C13H16GeN2O2S2. The summed E-state index contributed by atoms with van der Waals surface area (Å²) in [6.07, 6.45) is 5.29. The van der Waals surface area contributed by atoms with E-state index in [0.717, 1.165) is 35.9 Å². The molecule has 0 bridgehead atoms. The van der Waals surface area contributed by atoms with E-state index < -0.39 is 10.0 Å². The molecule has 1 aromatic heterocycles. The molecule has 3 rings (SSSR count). The Bertz CT molecular complexity index is 645. The molecule has 0 unspecified atom stereocenters. The summed E-state index contributed by atoms with van der Waals surface area (Å²) in [7, 11) is -3.46. The van der Waals surface area contributed by atoms with E-state index in [1.54, 1.807) is 0 Å². The molecule has 20 heavy (non-hydrogen) atoms. The van der Waals surface area contributed by atoms with E-state index in [9.17, 15) is 8.42 Å². The van der Waals surface area contributed by atoms with Crippen LogP contribution in [-0.2, 0) is 10.0 Å². The number of hydrogen-bond acceptors (Lipinski definition) is 4. The minimum Gasteiger partial charge on any atom is -0.224 e. The largest absolute Gasteiger partial charge is 0.268 e. The Kier molecular flexibility index (Phi) is 5.22. The number of aromatic nitrogens is 1. The van der Waals surface area contributed by atoms with Crippen LogP contribution in [0.1, 0.15) is 32.1 Å². The average molecular weight is 369 g/mol. The van der Waals surface area contributed by atoms with Crippen molar-refractivity contribution < 1.29 is 8.42 Å². The maximum absolute atomic E-state index is 12.3. The first-order chi connectivity index (χ1) is 9.15. The van der Waals surface area contributed by atoms with E-state index in [1.807, 2.05) is 24.3 Å². The SMILES string of the molecule is O=S(=O)(NC1CCCCC1)c1nc2ccccc2s1.[Ge]. The number of nitrogens with one attached hydrogen (secondary N) is 1. The van der Waals surface area contributed by atoms with Gasteiger partial charge >= 0.3 is 0 Å². The summed E-state index contributed by atoms with van der Waals surface area (Å²) in [6.45, 7) is 0. The zero-order chi connectivity index (χ0) is 13.3. The van der Waals surface area contributed by atoms with Crippen LogP contribution in [0.5, 0.6) is 0 Å². The number of benzene rings is 1. The van der Waals surface area contributed by atoms with Crippen molar-refractivity contribution in [2.24, 2.45) is 0 Å². The number of fused-ring (bicyclic) bond motifs is 1. The van der Waals surface area contributed by atoms with Gasteiger partial charge in [-0.05, 0) is 25.0 Å². The molecule has 2 aromatic rings. The van der Waals surface area contributed by atoms with Crippen LogP contribution in [0.3, 0.4) is 0 Å². The second-order valence-corrected chi connectivity index (χ2v) is 7.82. The van der Waals surface area contributed by atoms with Crippen molar-refractivity contribution in [2.75, 3.05) is 0 Å². The molecule has 0 amide bonds. The first kappa shape index (κ1) is 15.9. The Morgan fingerprint density at radius 2 is 1.85 bits per heavy atom. The van der Waals surface area contributed by atoms with Crippen molar-refractivity contribution in [3.8, 4) is 0 Å². The molecule has 4 radical (unpaired) electrons. The van der Waals surface area contributed by atoms with E-state index >= 15 is 0 Å². The molecule has 1 aliphatic rings. The van der Waals surface area contributed by atoms with Crippen LogP contribution in [0, 0.1) is 0 Å². The Morgan fingerprint density at radius 1 is 1.15 bits per heavy atom. The minimum absolute atomic E-state index is 0. The molecule has 4 nitrogen and oxygen atoms in total. The van der Waals surface area contributed by atoms with Crippen molar-refractivity contribution in [1.29, 1.82) is 0 Å². The summed E-state index contributed by atoms with van der Waals surface area (Å²) >= 11 is 1.23. The van der Waals surface area contributed by atoms with E-state index in [1.165, 1.54) is 17.8 Å². The van der Waals surface area contributed by atoms with Gasteiger partial charge < -0.3 is 0 Å². The topological polar surface area (TPSA) is 59.1 Å². The van der Waals surface area contributed by atoms with Gasteiger partial charge in [0.05, 0.1) is 10.2 Å². The molecule has 7 heteroatoms. The van der Waals surface area contributed by atoms with Gasteiger partial charge in [-0.2, -0.15) is 0 Å². The first-order valence-electron chi connectivity index (χ1n) is 6.53. The standard InChI is InChI=1S/C13H16N2O2S2.Ge/c16-19(17,15-10-6-2-1-3-7-10)13-14-11-8-4-5-9-12(11)18-13;/h4-5,8-10,15H,1-3,6-7H2;. The zero-order valence-electron chi connectivity index (χ0n) is 11.0. The molecule has 1 aromatic carbocycles. The molecule has 0 aliphatic heterocycles. The molecule has 1 heterocycles. The van der Waals surface area contributed by atoms with Gasteiger partial charge in [0, 0.05) is 23.6 Å². The summed E-state index contributed by atoms with van der Waals surface area (Å²) < 4.78 is 28.5. The molecule has 1 saturated carbocycles. The van der Waals surface area contributed by atoms with Gasteiger partial charge in [0.25, 0.3) is 10.0 Å². The van der Waals surface area contributed by atoms with Crippen molar-refractivity contribution in [3.63, 3.8) is 0 Å². The number of sulfonamides is 1. The molecule has 0 spiro atoms. The molecule has 1 fully saturated rings. The maximum Gasteiger partial charge on any atom is 0.268 e. The van der Waals surface area contributed by atoms with Crippen molar-refractivity contribution in [1.82, 2.24) is 9.71 Å². The Morgan fingerprint density at radius 3 is 2.55 bits per heavy atom. The Labute approximate surface area is 134 Å². The third-order valence-corrected chi connectivity index (χ3v) is 6.37. The van der Waals surface area contributed by atoms with E-state index in [2.05, 4.69) is 9.71 Å². The van der Waals surface area contributed by atoms with Gasteiger partial charge in [0.1, 0.15) is 0 Å². The predicted octanol–water partition coefficient (Wildman–Crippen LogP) is 2.53. The third kappa shape index (κ3) is 3.41. The molecule has 0 saturated heterocycles. The fourth-order valence-electron chi connectivity index (χ4n) is 2.46. The molecule has 0 atom stereocenters. The fourth-order valence-corrected chi connectivity index (χ4v) is 5.00. The van der Waals surface area contributed by atoms with Gasteiger partial charge in [0.2, 0.25) is 4.34 Å². The molecule has 106 valence electrons. The summed E-state index contributed by atoms with van der Waals surface area (Å²) in [5.41, 5.74) is 0.747. The Balaban J connectivity index is 0.00000147. The van der Waals surface area contributed by atoms with E-state index in [-0.39, 0.29) is 28.0 Å². The average Bonchev–Trinajstić information content (AvgIpc) is 2.84. The number of nitrogens with zero attached hydrogens (tertiary/aromatic N) is 1. The second kappa shape index (κ2) is 6.55. The third-order valence-electron chi connectivity index (χ3n) is 3.43. The van der Waals surface area contributed by atoms with Crippen LogP contribution in [0.15, 0.2) is 28.6 Å². The van der Waals surface area contributed by atoms with Crippen LogP contribution in [0.2, 0.25) is 0 Å². The number of thiazole rings is 1. The molecular weight excluding hydrogens is 353 g/mol. The predicted molar refractivity (Wildman–Crippen MR) is 82.6 cm³/mol. The van der Waals surface area contributed by atoms with Crippen LogP contribution in [0.4, 0.5) is 0 Å². The molecule has 1 N–H and O–H groups in total. The zero-order valence-corrected chi connectivity index (χ0v) is 14.7. The minimum atomic E-state index is -3.46. The van der Waals surface area contributed by atoms with Gasteiger partial charge in [-0.15, -0.1) is 11.3 Å². The van der Waals surface area contributed by atoms with Gasteiger partial charge in [0.15, 0.2) is 0 Å². The Hall–Kier alpha value is -0.437. The van der Waals surface area contributed by atoms with Crippen LogP contribution in [0.25, 0.3) is 10.2 Å². The molecule has 1 aliphatic carbocycles. The smallest absolute Gasteiger partial charge is 0.224 e. The van der Waals surface area contributed by atoms with Crippen LogP contribution < -0.4 is 4.72 Å². The fraction of sp³-hybridized carbons (Fsp3) is 0.462. The second-order valence-electron chi connectivity index (χ2n) is 4.90. The van der Waals surface area contributed by atoms with Gasteiger partial charge in [-0.3, -0.25) is 0 Å². The van der Waals surface area contributed by atoms with Crippen LogP contribution >= 0.6 is 11.3 Å². The van der Waals surface area contributed by atoms with Crippen molar-refractivity contribution in [2.45, 2.75) is 42.5 Å². The van der Waals surface area contributed by atoms with E-state index in [4.69, 9.17) is 0 Å². The summed E-state index contributed by atoms with van der Waals surface area (Å²) in [6, 6.07) is 7.57. The number of hydrogen-bond donors (Lipinski definition) is 1. The first-order valence-corrected chi connectivity index (χ1v) is 8.83. The number of para-hydroxylation sites is 1. The normalized spacial score (nSPS) is 17.0. The number of rotatable bonds is 3. The summed E-state index contributed by atoms with van der Waals surface area (Å²) in [5.74, 6) is 0. The van der Waals surface area contributed by atoms with Crippen LogP contribution in [-0.4, -0.2) is 37.0 Å². The van der Waals surface area contributed by atoms with Crippen molar-refractivity contribution in [3.05, 3.63) is 24.3 Å². The quantitative estimate of drug-likeness (QED) is 0.847. The maximum atomic E-state index is 12.3. The van der Waals surface area contributed by atoms with Gasteiger partial charge in [-0.1, -0.05) is 31.4 Å². The van der Waals surface area contributed by atoms with Gasteiger partial charge in [-0.25, -0.2) is 18.1 Å². The summed E-state index contributed by atoms with van der Waals surface area (Å²) in [5, 5.41) is 0.